The molecule has 0 spiro atoms. The number of amides is 4. The molecule has 4 amide bonds. The van der Waals surface area contributed by atoms with E-state index in [-0.39, 0.29) is 81.3 Å². The number of nitrogens with zero attached hydrogens (tertiary/aromatic N) is 5. The molecule has 4 saturated heterocycles. The van der Waals surface area contributed by atoms with Gasteiger partial charge in [0, 0.05) is 95.1 Å². The number of carbonyl (C=O) groups excluding carboxylic acids is 4. The minimum absolute atomic E-state index is 0.0693. The summed E-state index contributed by atoms with van der Waals surface area (Å²) in [7, 11) is 0. The van der Waals surface area contributed by atoms with Gasteiger partial charge in [0.05, 0.1) is 0 Å². The van der Waals surface area contributed by atoms with Crippen LogP contribution in [0.25, 0.3) is 0 Å². The van der Waals surface area contributed by atoms with E-state index in [1.165, 1.54) is 12.1 Å². The Morgan fingerprint density at radius 1 is 0.514 bits per heavy atom. The van der Waals surface area contributed by atoms with Crippen LogP contribution in [0.5, 0.6) is 0 Å². The molecule has 9 rings (SSSR count). The first-order valence-electron chi connectivity index (χ1n) is 25.0. The molecule has 0 aromatic heterocycles. The van der Waals surface area contributed by atoms with Gasteiger partial charge in [0.15, 0.2) is 0 Å². The predicted molar refractivity (Wildman–Crippen MR) is 266 cm³/mol. The number of halogens is 5. The predicted octanol–water partition coefficient (Wildman–Crippen LogP) is 9.84. The second-order valence-corrected chi connectivity index (χ2v) is 19.5. The first-order chi connectivity index (χ1) is 34.7. The molecule has 5 aromatic carbocycles. The number of benzene rings is 5. The normalized spacial score (nSPS) is 20.9. The lowest BCUT2D eigenvalue weighted by molar-refractivity contribution is -0.144. The number of hydrogen-bond donors (Lipinski definition) is 2. The highest BCUT2D eigenvalue weighted by atomic mass is 19.3. The maximum atomic E-state index is 14.3. The number of rotatable bonds is 15. The van der Waals surface area contributed by atoms with Gasteiger partial charge in [-0.25, -0.2) is 22.0 Å². The van der Waals surface area contributed by atoms with Gasteiger partial charge in [-0.15, -0.1) is 0 Å². The third-order valence-electron chi connectivity index (χ3n) is 14.5. The number of carbonyl (C=O) groups is 4. The average Bonchev–Trinajstić information content (AvgIpc) is 4.09. The quantitative estimate of drug-likeness (QED) is 0.101. The zero-order valence-electron chi connectivity index (χ0n) is 40.1. The zero-order valence-corrected chi connectivity index (χ0v) is 40.1. The minimum atomic E-state index is -2.77. The summed E-state index contributed by atoms with van der Waals surface area (Å²) in [4.78, 5) is 65.1. The standard InChI is InChI=1S/C56H60F5N7O4/c57-43-19-25-46(26-20-43)66(37-39-15-21-44(22-16-39)62-51(69)47-13-7-31-67(47)53(71)49(41-9-3-1-4-10-41)64-33-27-55(58,59)28-34-64)38-40-17-23-45(24-18-40)63-52(70)48-14-8-32-68(48)54(72)50(42-11-5-2-6-12-42)65-35-29-56(60,61)30-36-65/h1-6,9-12,15-26,47-50H,7-8,13-14,27-38H2,(H,62,69)(H,63,70)/t47-,48?,49-,50?/m0/s1. The van der Waals surface area contributed by atoms with Crippen molar-refractivity contribution in [3.05, 3.63) is 162 Å². The Bertz CT molecular complexity index is 2480. The van der Waals surface area contributed by atoms with E-state index in [0.717, 1.165) is 16.8 Å². The summed E-state index contributed by atoms with van der Waals surface area (Å²) in [5.41, 5.74) is 5.07. The van der Waals surface area contributed by atoms with Gasteiger partial charge in [0.2, 0.25) is 23.6 Å². The molecule has 5 aromatic rings. The molecule has 4 aliphatic rings. The van der Waals surface area contributed by atoms with Crippen molar-refractivity contribution < 1.29 is 41.1 Å². The highest BCUT2D eigenvalue weighted by Crippen LogP contribution is 2.37. The van der Waals surface area contributed by atoms with Crippen molar-refractivity contribution in [2.75, 3.05) is 54.8 Å². The van der Waals surface area contributed by atoms with E-state index >= 15 is 0 Å². The van der Waals surface area contributed by atoms with Gasteiger partial charge in [-0.05, 0) is 96.5 Å². The topological polar surface area (TPSA) is 109 Å². The van der Waals surface area contributed by atoms with Crippen molar-refractivity contribution in [3.63, 3.8) is 0 Å². The second-order valence-electron chi connectivity index (χ2n) is 19.5. The molecule has 4 fully saturated rings. The highest BCUT2D eigenvalue weighted by molar-refractivity contribution is 5.99. The Morgan fingerprint density at radius 2 is 0.889 bits per heavy atom. The Hall–Kier alpha value is -6.65. The number of anilines is 3. The van der Waals surface area contributed by atoms with Crippen LogP contribution in [0.15, 0.2) is 133 Å². The first-order valence-corrected chi connectivity index (χ1v) is 25.0. The summed E-state index contributed by atoms with van der Waals surface area (Å²) < 4.78 is 70.8. The van der Waals surface area contributed by atoms with E-state index in [9.17, 15) is 41.1 Å². The smallest absolute Gasteiger partial charge is 0.250 e. The lowest BCUT2D eigenvalue weighted by Crippen LogP contribution is -2.51. The molecule has 11 nitrogen and oxygen atoms in total. The summed E-state index contributed by atoms with van der Waals surface area (Å²) in [5, 5.41) is 5.99. The molecular weight excluding hydrogens is 930 g/mol. The van der Waals surface area contributed by atoms with Gasteiger partial charge in [0.1, 0.15) is 30.0 Å². The van der Waals surface area contributed by atoms with Crippen molar-refractivity contribution in [2.45, 2.75) is 100 Å². The first kappa shape index (κ1) is 50.3. The maximum absolute atomic E-state index is 14.3. The van der Waals surface area contributed by atoms with Crippen LogP contribution in [0, 0.1) is 5.82 Å². The fourth-order valence-corrected chi connectivity index (χ4v) is 10.6. The molecular formula is C56H60F5N7O4. The van der Waals surface area contributed by atoms with E-state index in [4.69, 9.17) is 0 Å². The molecule has 4 atom stereocenters. The van der Waals surface area contributed by atoms with Crippen LogP contribution >= 0.6 is 0 Å². The van der Waals surface area contributed by atoms with Crippen LogP contribution < -0.4 is 15.5 Å². The number of likely N-dealkylation sites (tertiary alicyclic amines) is 4. The van der Waals surface area contributed by atoms with Gasteiger partial charge < -0.3 is 25.3 Å². The van der Waals surface area contributed by atoms with Gasteiger partial charge in [0.25, 0.3) is 11.8 Å². The largest absolute Gasteiger partial charge is 0.363 e. The van der Waals surface area contributed by atoms with E-state index < -0.39 is 36.0 Å². The summed E-state index contributed by atoms with van der Waals surface area (Å²) >= 11 is 0. The Balaban J connectivity index is 0.830. The molecule has 2 unspecified atom stereocenters. The lowest BCUT2D eigenvalue weighted by atomic mass is 9.98. The number of piperidine rings is 2. The highest BCUT2D eigenvalue weighted by Gasteiger charge is 2.45. The third kappa shape index (κ3) is 12.0. The molecule has 4 aliphatic heterocycles. The van der Waals surface area contributed by atoms with E-state index in [1.54, 1.807) is 56.0 Å². The number of hydrogen-bond acceptors (Lipinski definition) is 7. The molecule has 2 N–H and O–H groups in total. The van der Waals surface area contributed by atoms with Crippen LogP contribution in [-0.2, 0) is 32.3 Å². The van der Waals surface area contributed by atoms with E-state index in [0.29, 0.717) is 74.4 Å². The molecule has 0 radical (unpaired) electrons. The SMILES string of the molecule is O=C(Nc1ccc(CN(Cc2ccc(NC(=O)[C@@H]3CCCN3C(=O)[C@H](c3ccccc3)N3CCC(F)(F)CC3)cc2)c2ccc(F)cc2)cc1)C1CCCN1C(=O)C(c1ccccc1)N1CCC(F)(F)CC1. The summed E-state index contributed by atoms with van der Waals surface area (Å²) in [6.45, 7) is 1.88. The van der Waals surface area contributed by atoms with Crippen molar-refractivity contribution in [1.29, 1.82) is 0 Å². The van der Waals surface area contributed by atoms with Crippen molar-refractivity contribution in [3.8, 4) is 0 Å². The summed E-state index contributed by atoms with van der Waals surface area (Å²) in [5.74, 6) is -7.11. The van der Waals surface area contributed by atoms with E-state index in [1.807, 2.05) is 84.9 Å². The second kappa shape index (κ2) is 22.0. The molecule has 72 heavy (non-hydrogen) atoms. The summed E-state index contributed by atoms with van der Waals surface area (Å²) in [6.07, 6.45) is 0.874. The molecule has 0 saturated carbocycles. The van der Waals surface area contributed by atoms with Gasteiger partial charge in [-0.2, -0.15) is 0 Å². The fourth-order valence-electron chi connectivity index (χ4n) is 10.6. The van der Waals surface area contributed by atoms with Crippen LogP contribution in [0.2, 0.25) is 0 Å². The molecule has 378 valence electrons. The van der Waals surface area contributed by atoms with Crippen molar-refractivity contribution >= 4 is 40.7 Å². The van der Waals surface area contributed by atoms with Gasteiger partial charge in [-0.1, -0.05) is 84.9 Å². The van der Waals surface area contributed by atoms with Crippen LogP contribution in [0.3, 0.4) is 0 Å². The Kier molecular flexibility index (Phi) is 15.4. The van der Waals surface area contributed by atoms with Crippen molar-refractivity contribution in [2.24, 2.45) is 0 Å². The minimum Gasteiger partial charge on any atom is -0.363 e. The van der Waals surface area contributed by atoms with Crippen LogP contribution in [-0.4, -0.2) is 106 Å². The number of alkyl halides is 4. The molecule has 16 heteroatoms. The Labute approximate surface area is 416 Å². The lowest BCUT2D eigenvalue weighted by Gasteiger charge is -2.39. The zero-order chi connectivity index (χ0) is 50.4. The number of nitrogens with one attached hydrogen (secondary N) is 2. The van der Waals surface area contributed by atoms with Gasteiger partial charge >= 0.3 is 0 Å². The summed E-state index contributed by atoms with van der Waals surface area (Å²) in [6, 6.07) is 36.2. The van der Waals surface area contributed by atoms with Crippen LogP contribution in [0.1, 0.15) is 85.7 Å². The molecule has 4 heterocycles. The van der Waals surface area contributed by atoms with Gasteiger partial charge in [-0.3, -0.25) is 29.0 Å². The molecule has 0 bridgehead atoms. The molecule has 0 aliphatic carbocycles. The monoisotopic (exact) mass is 989 g/mol. The fraction of sp³-hybridized carbons (Fsp3) is 0.393. The average molecular weight is 990 g/mol. The maximum Gasteiger partial charge on any atom is 0.250 e. The third-order valence-corrected chi connectivity index (χ3v) is 14.5. The van der Waals surface area contributed by atoms with Crippen LogP contribution in [0.4, 0.5) is 39.0 Å². The Morgan fingerprint density at radius 3 is 1.26 bits per heavy atom. The van der Waals surface area contributed by atoms with Crippen molar-refractivity contribution in [1.82, 2.24) is 19.6 Å². The van der Waals surface area contributed by atoms with E-state index in [2.05, 4.69) is 15.5 Å².